The zero-order chi connectivity index (χ0) is 13.9. The minimum Gasteiger partial charge on any atom is -0.377 e. The third-order valence-electron chi connectivity index (χ3n) is 3.73. The highest BCUT2D eigenvalue weighted by atomic mass is 16.5. The first kappa shape index (κ1) is 13.1. The fourth-order valence-electron chi connectivity index (χ4n) is 2.74. The fourth-order valence-corrected chi connectivity index (χ4v) is 2.74. The van der Waals surface area contributed by atoms with Gasteiger partial charge in [0.25, 0.3) is 0 Å². The number of fused-ring (bicyclic) bond motifs is 1. The predicted octanol–water partition coefficient (Wildman–Crippen LogP) is 1.98. The first-order valence-corrected chi connectivity index (χ1v) is 6.98. The Morgan fingerprint density at radius 3 is 3.25 bits per heavy atom. The maximum Gasteiger partial charge on any atom is 0.138 e. The molecular weight excluding hydrogens is 252 g/mol. The summed E-state index contributed by atoms with van der Waals surface area (Å²) in [6.45, 7) is 3.48. The summed E-state index contributed by atoms with van der Waals surface area (Å²) in [5, 5.41) is 12.8. The molecule has 1 N–H and O–H groups in total. The Morgan fingerprint density at radius 2 is 2.50 bits per heavy atom. The predicted molar refractivity (Wildman–Crippen MR) is 75.3 cm³/mol. The largest absolute Gasteiger partial charge is 0.377 e. The number of pyridine rings is 1. The van der Waals surface area contributed by atoms with E-state index in [0.29, 0.717) is 6.54 Å². The third kappa shape index (κ3) is 2.40. The van der Waals surface area contributed by atoms with E-state index in [1.54, 1.807) is 0 Å². The van der Waals surface area contributed by atoms with Crippen molar-refractivity contribution in [2.45, 2.75) is 31.9 Å². The van der Waals surface area contributed by atoms with Gasteiger partial charge in [0.15, 0.2) is 0 Å². The molecule has 0 aliphatic carbocycles. The van der Waals surface area contributed by atoms with Crippen LogP contribution in [0, 0.1) is 18.3 Å². The number of aryl methyl sites for hydroxylation is 1. The van der Waals surface area contributed by atoms with E-state index in [4.69, 9.17) is 4.74 Å². The molecular formula is C15H18N4O. The van der Waals surface area contributed by atoms with Crippen molar-refractivity contribution < 1.29 is 4.74 Å². The number of ether oxygens (including phenoxy) is 1. The van der Waals surface area contributed by atoms with E-state index >= 15 is 0 Å². The quantitative estimate of drug-likeness (QED) is 0.922. The lowest BCUT2D eigenvalue weighted by Crippen LogP contribution is -2.30. The molecule has 2 unspecified atom stereocenters. The second kappa shape index (κ2) is 5.61. The molecule has 1 aliphatic heterocycles. The molecule has 0 saturated carbocycles. The van der Waals surface area contributed by atoms with Crippen molar-refractivity contribution in [2.24, 2.45) is 0 Å². The summed E-state index contributed by atoms with van der Waals surface area (Å²) in [6, 6.07) is 7.82. The van der Waals surface area contributed by atoms with Gasteiger partial charge >= 0.3 is 0 Å². The number of rotatable bonds is 4. The summed E-state index contributed by atoms with van der Waals surface area (Å²) in [5.74, 6) is 0. The number of nitrogens with zero attached hydrogens (tertiary/aromatic N) is 3. The SMILES string of the molecule is Cc1nc2ccccn2c1C(C#N)NCC1CCCO1. The Bertz CT molecular complexity index is 637. The average Bonchev–Trinajstić information content (AvgIpc) is 3.07. The van der Waals surface area contributed by atoms with E-state index in [1.165, 1.54) is 0 Å². The Hall–Kier alpha value is -1.90. The van der Waals surface area contributed by atoms with E-state index in [9.17, 15) is 5.26 Å². The minimum absolute atomic E-state index is 0.227. The molecule has 1 aliphatic rings. The third-order valence-corrected chi connectivity index (χ3v) is 3.73. The Kier molecular flexibility index (Phi) is 3.68. The molecule has 3 heterocycles. The van der Waals surface area contributed by atoms with Gasteiger partial charge in [-0.2, -0.15) is 5.26 Å². The van der Waals surface area contributed by atoms with Gasteiger partial charge in [-0.3, -0.25) is 5.32 Å². The molecule has 3 rings (SSSR count). The van der Waals surface area contributed by atoms with Crippen molar-refractivity contribution in [3.8, 4) is 6.07 Å². The van der Waals surface area contributed by atoms with Gasteiger partial charge in [0.05, 0.1) is 23.6 Å². The molecule has 2 aromatic heterocycles. The summed E-state index contributed by atoms with van der Waals surface area (Å²) in [4.78, 5) is 4.50. The minimum atomic E-state index is -0.364. The van der Waals surface area contributed by atoms with Gasteiger partial charge in [-0.25, -0.2) is 4.98 Å². The number of hydrogen-bond donors (Lipinski definition) is 1. The molecule has 5 heteroatoms. The normalized spacial score (nSPS) is 20.1. The van der Waals surface area contributed by atoms with Crippen LogP contribution in [0.3, 0.4) is 0 Å². The lowest BCUT2D eigenvalue weighted by atomic mass is 10.1. The zero-order valence-corrected chi connectivity index (χ0v) is 11.5. The molecule has 1 saturated heterocycles. The van der Waals surface area contributed by atoms with Gasteiger partial charge in [-0.05, 0) is 31.9 Å². The standard InChI is InChI=1S/C15H18N4O/c1-11-15(19-7-3-2-6-14(19)18-11)13(9-16)17-10-12-5-4-8-20-12/h2-3,6-7,12-13,17H,4-5,8,10H2,1H3. The van der Waals surface area contributed by atoms with Crippen LogP contribution in [0.2, 0.25) is 0 Å². The molecule has 5 nitrogen and oxygen atoms in total. The molecule has 2 atom stereocenters. The Balaban J connectivity index is 1.83. The molecule has 20 heavy (non-hydrogen) atoms. The maximum absolute atomic E-state index is 9.46. The van der Waals surface area contributed by atoms with E-state index in [1.807, 2.05) is 35.7 Å². The van der Waals surface area contributed by atoms with E-state index in [2.05, 4.69) is 16.4 Å². The summed E-state index contributed by atoms with van der Waals surface area (Å²) in [6.07, 6.45) is 4.35. The van der Waals surface area contributed by atoms with Gasteiger partial charge in [0.1, 0.15) is 11.7 Å². The van der Waals surface area contributed by atoms with Crippen molar-refractivity contribution in [1.29, 1.82) is 5.26 Å². The first-order chi connectivity index (χ1) is 9.79. The maximum atomic E-state index is 9.46. The van der Waals surface area contributed by atoms with Crippen LogP contribution in [-0.4, -0.2) is 28.6 Å². The van der Waals surface area contributed by atoms with E-state index in [-0.39, 0.29) is 12.1 Å². The highest BCUT2D eigenvalue weighted by molar-refractivity contribution is 5.44. The van der Waals surface area contributed by atoms with Crippen LogP contribution in [0.25, 0.3) is 5.65 Å². The van der Waals surface area contributed by atoms with Crippen molar-refractivity contribution in [3.05, 3.63) is 35.8 Å². The second-order valence-corrected chi connectivity index (χ2v) is 5.12. The average molecular weight is 270 g/mol. The molecule has 1 fully saturated rings. The molecule has 0 bridgehead atoms. The zero-order valence-electron chi connectivity index (χ0n) is 11.5. The van der Waals surface area contributed by atoms with E-state index in [0.717, 1.165) is 36.5 Å². The Labute approximate surface area is 118 Å². The number of aromatic nitrogens is 2. The highest BCUT2D eigenvalue weighted by Gasteiger charge is 2.21. The molecule has 0 amide bonds. The topological polar surface area (TPSA) is 62.4 Å². The van der Waals surface area contributed by atoms with Crippen LogP contribution in [0.4, 0.5) is 0 Å². The van der Waals surface area contributed by atoms with E-state index < -0.39 is 0 Å². The molecule has 104 valence electrons. The van der Waals surface area contributed by atoms with Crippen LogP contribution in [0.1, 0.15) is 30.3 Å². The summed E-state index contributed by atoms with van der Waals surface area (Å²) in [5.41, 5.74) is 2.68. The lowest BCUT2D eigenvalue weighted by molar-refractivity contribution is 0.109. The van der Waals surface area contributed by atoms with Crippen LogP contribution >= 0.6 is 0 Å². The van der Waals surface area contributed by atoms with Crippen molar-refractivity contribution in [2.75, 3.05) is 13.2 Å². The monoisotopic (exact) mass is 270 g/mol. The van der Waals surface area contributed by atoms with Gasteiger partial charge in [0.2, 0.25) is 0 Å². The molecule has 0 spiro atoms. The first-order valence-electron chi connectivity index (χ1n) is 6.98. The van der Waals surface area contributed by atoms with Gasteiger partial charge in [0, 0.05) is 19.3 Å². The molecule has 0 aromatic carbocycles. The van der Waals surface area contributed by atoms with Crippen molar-refractivity contribution in [3.63, 3.8) is 0 Å². The van der Waals surface area contributed by atoms with Crippen LogP contribution < -0.4 is 5.32 Å². The van der Waals surface area contributed by atoms with Crippen molar-refractivity contribution >= 4 is 5.65 Å². The second-order valence-electron chi connectivity index (χ2n) is 5.12. The summed E-state index contributed by atoms with van der Waals surface area (Å²) >= 11 is 0. The summed E-state index contributed by atoms with van der Waals surface area (Å²) < 4.78 is 7.57. The molecule has 0 radical (unpaired) electrons. The fraction of sp³-hybridized carbons (Fsp3) is 0.467. The Morgan fingerprint density at radius 1 is 1.60 bits per heavy atom. The van der Waals surface area contributed by atoms with Crippen molar-refractivity contribution in [1.82, 2.24) is 14.7 Å². The lowest BCUT2D eigenvalue weighted by Gasteiger charge is -2.15. The number of nitrogens with one attached hydrogen (secondary N) is 1. The van der Waals surface area contributed by atoms with Gasteiger partial charge < -0.3 is 9.14 Å². The summed E-state index contributed by atoms with van der Waals surface area (Å²) in [7, 11) is 0. The van der Waals surface area contributed by atoms with Gasteiger partial charge in [-0.1, -0.05) is 6.07 Å². The highest BCUT2D eigenvalue weighted by Crippen LogP contribution is 2.20. The van der Waals surface area contributed by atoms with Crippen LogP contribution in [0.5, 0.6) is 0 Å². The number of hydrogen-bond acceptors (Lipinski definition) is 4. The van der Waals surface area contributed by atoms with Crippen LogP contribution in [-0.2, 0) is 4.74 Å². The van der Waals surface area contributed by atoms with Crippen LogP contribution in [0.15, 0.2) is 24.4 Å². The number of imidazole rings is 1. The number of nitriles is 1. The smallest absolute Gasteiger partial charge is 0.138 e. The molecule has 2 aromatic rings. The van der Waals surface area contributed by atoms with Gasteiger partial charge in [-0.15, -0.1) is 0 Å².